The monoisotopic (exact) mass is 537 g/mol. The summed E-state index contributed by atoms with van der Waals surface area (Å²) >= 11 is 0. The van der Waals surface area contributed by atoms with Crippen molar-refractivity contribution in [2.24, 2.45) is 0 Å². The zero-order valence-electron chi connectivity index (χ0n) is 19.4. The summed E-state index contributed by atoms with van der Waals surface area (Å²) in [5, 5.41) is 2.59. The Morgan fingerprint density at radius 3 is 1.92 bits per heavy atom. The Morgan fingerprint density at radius 2 is 1.47 bits per heavy atom. The SMILES string of the molecule is CC(NC(=O)[C@]1(c2ccccc2)CC[C@H](OS(C)(=O)=O)CC1)c1cc(C(F)(F)F)cc(C(F)(F)F)c1. The maximum atomic E-state index is 13.5. The highest BCUT2D eigenvalue weighted by molar-refractivity contribution is 7.86. The summed E-state index contributed by atoms with van der Waals surface area (Å²) in [6.45, 7) is 1.31. The van der Waals surface area contributed by atoms with Gasteiger partial charge in [0.25, 0.3) is 10.1 Å². The molecule has 1 aliphatic carbocycles. The lowest BCUT2D eigenvalue weighted by Crippen LogP contribution is -2.48. The number of carbonyl (C=O) groups is 1. The van der Waals surface area contributed by atoms with Crippen molar-refractivity contribution in [3.8, 4) is 0 Å². The number of hydrogen-bond donors (Lipinski definition) is 1. The van der Waals surface area contributed by atoms with Gasteiger partial charge in [-0.3, -0.25) is 8.98 Å². The third kappa shape index (κ3) is 6.58. The number of alkyl halides is 6. The van der Waals surface area contributed by atoms with Crippen molar-refractivity contribution in [3.63, 3.8) is 0 Å². The van der Waals surface area contributed by atoms with Gasteiger partial charge in [-0.15, -0.1) is 0 Å². The Kier molecular flexibility index (Phi) is 7.81. The fourth-order valence-corrected chi connectivity index (χ4v) is 5.17. The van der Waals surface area contributed by atoms with Crippen molar-refractivity contribution in [1.82, 2.24) is 5.32 Å². The van der Waals surface area contributed by atoms with Crippen molar-refractivity contribution in [2.45, 2.75) is 62.5 Å². The molecule has 5 nitrogen and oxygen atoms in total. The van der Waals surface area contributed by atoms with E-state index in [2.05, 4.69) is 5.32 Å². The zero-order chi connectivity index (χ0) is 26.9. The van der Waals surface area contributed by atoms with Crippen molar-refractivity contribution < 1.29 is 43.7 Å². The van der Waals surface area contributed by atoms with E-state index in [0.29, 0.717) is 17.7 Å². The van der Waals surface area contributed by atoms with Crippen LogP contribution in [0.15, 0.2) is 48.5 Å². The molecule has 1 unspecified atom stereocenters. The normalized spacial score (nSPS) is 22.2. The van der Waals surface area contributed by atoms with Crippen LogP contribution in [0, 0.1) is 0 Å². The second-order valence-electron chi connectivity index (χ2n) is 8.98. The van der Waals surface area contributed by atoms with E-state index < -0.39 is 57.1 Å². The largest absolute Gasteiger partial charge is 0.416 e. The molecular weight excluding hydrogens is 512 g/mol. The average molecular weight is 538 g/mol. The minimum Gasteiger partial charge on any atom is -0.349 e. The van der Waals surface area contributed by atoms with E-state index in [1.807, 2.05) is 0 Å². The fourth-order valence-electron chi connectivity index (χ4n) is 4.48. The molecule has 1 atom stereocenters. The van der Waals surface area contributed by atoms with Gasteiger partial charge in [0.05, 0.1) is 34.9 Å². The Labute approximate surface area is 205 Å². The van der Waals surface area contributed by atoms with Crippen LogP contribution in [0.5, 0.6) is 0 Å². The van der Waals surface area contributed by atoms with Gasteiger partial charge in [0.15, 0.2) is 0 Å². The van der Waals surface area contributed by atoms with Gasteiger partial charge in [-0.05, 0) is 61.9 Å². The molecule has 36 heavy (non-hydrogen) atoms. The van der Waals surface area contributed by atoms with Crippen molar-refractivity contribution in [2.75, 3.05) is 6.26 Å². The third-order valence-electron chi connectivity index (χ3n) is 6.32. The summed E-state index contributed by atoms with van der Waals surface area (Å²) < 4.78 is 108. The van der Waals surface area contributed by atoms with E-state index in [1.165, 1.54) is 6.92 Å². The van der Waals surface area contributed by atoms with E-state index in [9.17, 15) is 39.6 Å². The number of nitrogens with one attached hydrogen (secondary N) is 1. The van der Waals surface area contributed by atoms with Gasteiger partial charge >= 0.3 is 12.4 Å². The van der Waals surface area contributed by atoms with Crippen LogP contribution in [0.25, 0.3) is 0 Å². The Morgan fingerprint density at radius 1 is 0.972 bits per heavy atom. The molecule has 0 heterocycles. The van der Waals surface area contributed by atoms with E-state index in [1.54, 1.807) is 30.3 Å². The molecule has 1 fully saturated rings. The van der Waals surface area contributed by atoms with Gasteiger partial charge < -0.3 is 5.32 Å². The molecule has 1 amide bonds. The topological polar surface area (TPSA) is 72.5 Å². The first-order chi connectivity index (χ1) is 16.5. The van der Waals surface area contributed by atoms with E-state index in [-0.39, 0.29) is 37.3 Å². The number of carbonyl (C=O) groups excluding carboxylic acids is 1. The molecule has 3 rings (SSSR count). The summed E-state index contributed by atoms with van der Waals surface area (Å²) in [4.78, 5) is 13.5. The molecule has 0 spiro atoms. The van der Waals surface area contributed by atoms with Gasteiger partial charge in [-0.1, -0.05) is 30.3 Å². The summed E-state index contributed by atoms with van der Waals surface area (Å²) in [5.74, 6) is -0.579. The lowest BCUT2D eigenvalue weighted by atomic mass is 9.68. The molecule has 0 bridgehead atoms. The molecule has 1 N–H and O–H groups in total. The van der Waals surface area contributed by atoms with Crippen molar-refractivity contribution >= 4 is 16.0 Å². The standard InChI is InChI=1S/C24H25F6NO4S/c1-15(16-12-18(23(25,26)27)14-19(13-16)24(28,29)30)31-21(32)22(17-6-4-3-5-7-17)10-8-20(9-11-22)35-36(2,33)34/h3-7,12-15,20H,8-11H2,1-2H3,(H,31,32)/t15?,20-,22+. The number of halogens is 6. The Balaban J connectivity index is 1.92. The van der Waals surface area contributed by atoms with Crippen LogP contribution in [-0.2, 0) is 36.9 Å². The summed E-state index contributed by atoms with van der Waals surface area (Å²) in [6, 6.07) is 8.58. The Hall–Kier alpha value is -2.60. The molecule has 0 aliphatic heterocycles. The minimum absolute atomic E-state index is 0.0343. The molecular formula is C24H25F6NO4S. The predicted octanol–water partition coefficient (Wildman–Crippen LogP) is 5.76. The molecule has 1 saturated carbocycles. The average Bonchev–Trinajstić information content (AvgIpc) is 2.77. The van der Waals surface area contributed by atoms with Gasteiger partial charge in [0, 0.05) is 0 Å². The molecule has 12 heteroatoms. The van der Waals surface area contributed by atoms with Crippen LogP contribution in [0.4, 0.5) is 26.3 Å². The highest BCUT2D eigenvalue weighted by atomic mass is 32.2. The first-order valence-corrected chi connectivity index (χ1v) is 12.9. The quantitative estimate of drug-likeness (QED) is 0.376. The predicted molar refractivity (Wildman–Crippen MR) is 119 cm³/mol. The summed E-state index contributed by atoms with van der Waals surface area (Å²) in [6.07, 6.45) is -8.97. The molecule has 2 aromatic rings. The summed E-state index contributed by atoms with van der Waals surface area (Å²) in [5.41, 5.74) is -3.84. The number of amides is 1. The van der Waals surface area contributed by atoms with Crippen LogP contribution < -0.4 is 5.32 Å². The smallest absolute Gasteiger partial charge is 0.349 e. The van der Waals surface area contributed by atoms with Gasteiger partial charge in [-0.2, -0.15) is 34.8 Å². The van der Waals surface area contributed by atoms with Crippen LogP contribution in [0.3, 0.4) is 0 Å². The summed E-state index contributed by atoms with van der Waals surface area (Å²) in [7, 11) is -3.72. The molecule has 0 radical (unpaired) electrons. The van der Waals surface area contributed by atoms with Crippen LogP contribution in [-0.4, -0.2) is 26.7 Å². The maximum absolute atomic E-state index is 13.5. The van der Waals surface area contributed by atoms with Crippen LogP contribution in [0.1, 0.15) is 60.9 Å². The maximum Gasteiger partial charge on any atom is 0.416 e. The second-order valence-corrected chi connectivity index (χ2v) is 10.6. The number of hydrogen-bond acceptors (Lipinski definition) is 4. The lowest BCUT2D eigenvalue weighted by Gasteiger charge is -2.39. The molecule has 198 valence electrons. The highest BCUT2D eigenvalue weighted by Crippen LogP contribution is 2.42. The molecule has 2 aromatic carbocycles. The third-order valence-corrected chi connectivity index (χ3v) is 6.94. The molecule has 0 saturated heterocycles. The van der Waals surface area contributed by atoms with Gasteiger partial charge in [-0.25, -0.2) is 0 Å². The zero-order valence-corrected chi connectivity index (χ0v) is 20.2. The minimum atomic E-state index is -5.01. The Bertz CT molecular complexity index is 1160. The van der Waals surface area contributed by atoms with Crippen LogP contribution in [0.2, 0.25) is 0 Å². The molecule has 1 aliphatic rings. The number of benzene rings is 2. The van der Waals surface area contributed by atoms with E-state index in [0.717, 1.165) is 6.26 Å². The fraction of sp³-hybridized carbons (Fsp3) is 0.458. The van der Waals surface area contributed by atoms with Gasteiger partial charge in [0.1, 0.15) is 0 Å². The van der Waals surface area contributed by atoms with Crippen LogP contribution >= 0.6 is 0 Å². The lowest BCUT2D eigenvalue weighted by molar-refractivity contribution is -0.143. The van der Waals surface area contributed by atoms with Crippen molar-refractivity contribution in [1.29, 1.82) is 0 Å². The first-order valence-electron chi connectivity index (χ1n) is 11.1. The molecule has 0 aromatic heterocycles. The number of rotatable bonds is 6. The van der Waals surface area contributed by atoms with E-state index in [4.69, 9.17) is 4.18 Å². The second kappa shape index (κ2) is 10.0. The first kappa shape index (κ1) is 28.0. The van der Waals surface area contributed by atoms with Crippen molar-refractivity contribution in [3.05, 3.63) is 70.8 Å². The van der Waals surface area contributed by atoms with E-state index >= 15 is 0 Å². The highest BCUT2D eigenvalue weighted by Gasteiger charge is 2.45. The van der Waals surface area contributed by atoms with Gasteiger partial charge in [0.2, 0.25) is 5.91 Å².